The molecule has 4 nitrogen and oxygen atoms in total. The molecule has 0 amide bonds. The summed E-state index contributed by atoms with van der Waals surface area (Å²) in [6.07, 6.45) is 4.74. The van der Waals surface area contributed by atoms with Gasteiger partial charge in [0, 0.05) is 12.2 Å². The molecule has 0 bridgehead atoms. The zero-order valence-electron chi connectivity index (χ0n) is 12.2. The van der Waals surface area contributed by atoms with Gasteiger partial charge in [-0.25, -0.2) is 0 Å². The lowest BCUT2D eigenvalue weighted by Crippen LogP contribution is -2.25. The van der Waals surface area contributed by atoms with Crippen molar-refractivity contribution in [3.05, 3.63) is 48.3 Å². The van der Waals surface area contributed by atoms with Crippen LogP contribution in [0.2, 0.25) is 0 Å². The fourth-order valence-electron chi connectivity index (χ4n) is 2.28. The molecule has 0 radical (unpaired) electrons. The number of aromatic nitrogens is 2. The first-order valence-corrected chi connectivity index (χ1v) is 7.11. The molecule has 0 fully saturated rings. The van der Waals surface area contributed by atoms with Crippen molar-refractivity contribution in [1.82, 2.24) is 9.78 Å². The lowest BCUT2D eigenvalue weighted by Gasteiger charge is -2.18. The molecule has 1 atom stereocenters. The van der Waals surface area contributed by atoms with Gasteiger partial charge in [0.05, 0.1) is 25.0 Å². The quantitative estimate of drug-likeness (QED) is 0.815. The van der Waals surface area contributed by atoms with Gasteiger partial charge in [-0.15, -0.1) is 0 Å². The maximum Gasteiger partial charge on any atom is 0.0729 e. The SMILES string of the molecule is CC(C)CC(CO)Nc1cnn(Cc2ccccc2)c1. The van der Waals surface area contributed by atoms with E-state index >= 15 is 0 Å². The molecule has 1 unspecified atom stereocenters. The number of benzene rings is 1. The molecular formula is C16H23N3O. The minimum atomic E-state index is 0.0874. The maximum atomic E-state index is 9.39. The Morgan fingerprint density at radius 2 is 2.00 bits per heavy atom. The van der Waals surface area contributed by atoms with Gasteiger partial charge in [0.25, 0.3) is 0 Å². The first kappa shape index (κ1) is 14.6. The van der Waals surface area contributed by atoms with Gasteiger partial charge in [-0.2, -0.15) is 5.10 Å². The molecule has 20 heavy (non-hydrogen) atoms. The summed E-state index contributed by atoms with van der Waals surface area (Å²) in [5, 5.41) is 17.1. The van der Waals surface area contributed by atoms with E-state index in [0.717, 1.165) is 18.7 Å². The third kappa shape index (κ3) is 4.38. The largest absolute Gasteiger partial charge is 0.394 e. The monoisotopic (exact) mass is 273 g/mol. The zero-order valence-corrected chi connectivity index (χ0v) is 12.2. The highest BCUT2D eigenvalue weighted by Gasteiger charge is 2.10. The number of hydrogen-bond acceptors (Lipinski definition) is 3. The topological polar surface area (TPSA) is 50.1 Å². The zero-order chi connectivity index (χ0) is 14.4. The van der Waals surface area contributed by atoms with E-state index in [2.05, 4.69) is 36.4 Å². The van der Waals surface area contributed by atoms with E-state index in [1.807, 2.05) is 35.3 Å². The van der Waals surface area contributed by atoms with Gasteiger partial charge >= 0.3 is 0 Å². The van der Waals surface area contributed by atoms with Crippen LogP contribution in [0, 0.1) is 5.92 Å². The maximum absolute atomic E-state index is 9.39. The number of nitrogens with zero attached hydrogens (tertiary/aromatic N) is 2. The molecule has 0 saturated carbocycles. The van der Waals surface area contributed by atoms with Crippen molar-refractivity contribution >= 4 is 5.69 Å². The second kappa shape index (κ2) is 7.10. The van der Waals surface area contributed by atoms with Gasteiger partial charge in [-0.1, -0.05) is 44.2 Å². The van der Waals surface area contributed by atoms with Gasteiger partial charge in [-0.3, -0.25) is 4.68 Å². The van der Waals surface area contributed by atoms with Crippen LogP contribution in [-0.4, -0.2) is 27.5 Å². The summed E-state index contributed by atoms with van der Waals surface area (Å²) in [5.41, 5.74) is 2.18. The second-order valence-corrected chi connectivity index (χ2v) is 5.57. The van der Waals surface area contributed by atoms with Crippen molar-refractivity contribution < 1.29 is 5.11 Å². The smallest absolute Gasteiger partial charge is 0.0729 e. The van der Waals surface area contributed by atoms with Crippen LogP contribution >= 0.6 is 0 Å². The average molecular weight is 273 g/mol. The highest BCUT2D eigenvalue weighted by atomic mass is 16.3. The molecule has 1 aromatic carbocycles. The highest BCUT2D eigenvalue weighted by Crippen LogP contribution is 2.13. The minimum Gasteiger partial charge on any atom is -0.394 e. The van der Waals surface area contributed by atoms with Crippen molar-refractivity contribution in [2.75, 3.05) is 11.9 Å². The summed E-state index contributed by atoms with van der Waals surface area (Å²) in [7, 11) is 0. The van der Waals surface area contributed by atoms with E-state index in [9.17, 15) is 5.11 Å². The molecule has 0 spiro atoms. The van der Waals surface area contributed by atoms with Crippen LogP contribution in [0.3, 0.4) is 0 Å². The summed E-state index contributed by atoms with van der Waals surface area (Å²) in [6, 6.07) is 10.3. The van der Waals surface area contributed by atoms with Gasteiger partial charge < -0.3 is 10.4 Å². The third-order valence-electron chi connectivity index (χ3n) is 3.17. The summed E-state index contributed by atoms with van der Waals surface area (Å²) in [6.45, 7) is 5.21. The molecule has 108 valence electrons. The summed E-state index contributed by atoms with van der Waals surface area (Å²) in [5.74, 6) is 0.555. The Labute approximate surface area is 120 Å². The normalized spacial score (nSPS) is 12.6. The molecule has 0 aliphatic heterocycles. The van der Waals surface area contributed by atoms with Gasteiger partial charge in [0.2, 0.25) is 0 Å². The van der Waals surface area contributed by atoms with E-state index in [0.29, 0.717) is 5.92 Å². The molecule has 2 rings (SSSR count). The fourth-order valence-corrected chi connectivity index (χ4v) is 2.28. The lowest BCUT2D eigenvalue weighted by molar-refractivity contribution is 0.259. The van der Waals surface area contributed by atoms with Crippen LogP contribution < -0.4 is 5.32 Å². The van der Waals surface area contributed by atoms with Crippen LogP contribution in [0.15, 0.2) is 42.7 Å². The molecule has 4 heteroatoms. The van der Waals surface area contributed by atoms with Gasteiger partial charge in [0.1, 0.15) is 0 Å². The first-order chi connectivity index (χ1) is 9.67. The summed E-state index contributed by atoms with van der Waals surface area (Å²) < 4.78 is 1.90. The van der Waals surface area contributed by atoms with Crippen molar-refractivity contribution in [1.29, 1.82) is 0 Å². The molecule has 2 aromatic rings. The van der Waals surface area contributed by atoms with Gasteiger partial charge in [0.15, 0.2) is 0 Å². The van der Waals surface area contributed by atoms with Crippen LogP contribution in [0.5, 0.6) is 0 Å². The fraction of sp³-hybridized carbons (Fsp3) is 0.438. The Balaban J connectivity index is 1.95. The minimum absolute atomic E-state index is 0.0874. The van der Waals surface area contributed by atoms with Crippen molar-refractivity contribution in [2.45, 2.75) is 32.9 Å². The van der Waals surface area contributed by atoms with Crippen molar-refractivity contribution in [3.63, 3.8) is 0 Å². The van der Waals surface area contributed by atoms with Crippen LogP contribution in [0.4, 0.5) is 5.69 Å². The Bertz CT molecular complexity index is 507. The molecule has 2 N–H and O–H groups in total. The van der Waals surface area contributed by atoms with E-state index < -0.39 is 0 Å². The Morgan fingerprint density at radius 1 is 1.25 bits per heavy atom. The second-order valence-electron chi connectivity index (χ2n) is 5.57. The van der Waals surface area contributed by atoms with E-state index in [1.54, 1.807) is 0 Å². The molecule has 1 heterocycles. The average Bonchev–Trinajstić information content (AvgIpc) is 2.86. The molecule has 0 aliphatic rings. The highest BCUT2D eigenvalue weighted by molar-refractivity contribution is 5.39. The van der Waals surface area contributed by atoms with Crippen LogP contribution in [0.25, 0.3) is 0 Å². The van der Waals surface area contributed by atoms with Crippen LogP contribution in [0.1, 0.15) is 25.8 Å². The van der Waals surface area contributed by atoms with Crippen molar-refractivity contribution in [3.8, 4) is 0 Å². The van der Waals surface area contributed by atoms with E-state index in [-0.39, 0.29) is 12.6 Å². The Hall–Kier alpha value is -1.81. The number of nitrogens with one attached hydrogen (secondary N) is 1. The van der Waals surface area contributed by atoms with E-state index in [4.69, 9.17) is 0 Å². The molecule has 0 saturated heterocycles. The Kier molecular flexibility index (Phi) is 5.18. The Morgan fingerprint density at radius 3 is 2.65 bits per heavy atom. The first-order valence-electron chi connectivity index (χ1n) is 7.11. The van der Waals surface area contributed by atoms with Crippen LogP contribution in [-0.2, 0) is 6.54 Å². The number of anilines is 1. The van der Waals surface area contributed by atoms with Crippen molar-refractivity contribution in [2.24, 2.45) is 5.92 Å². The summed E-state index contributed by atoms with van der Waals surface area (Å²) >= 11 is 0. The number of aliphatic hydroxyl groups is 1. The standard InChI is InChI=1S/C16H23N3O/c1-13(2)8-15(12-20)18-16-9-17-19(11-16)10-14-6-4-3-5-7-14/h3-7,9,11,13,15,18,20H,8,10,12H2,1-2H3. The summed E-state index contributed by atoms with van der Waals surface area (Å²) in [4.78, 5) is 0. The van der Waals surface area contributed by atoms with Gasteiger partial charge in [-0.05, 0) is 17.9 Å². The number of hydrogen-bond donors (Lipinski definition) is 2. The molecular weight excluding hydrogens is 250 g/mol. The molecule has 1 aromatic heterocycles. The number of rotatable bonds is 7. The number of aliphatic hydroxyl groups excluding tert-OH is 1. The van der Waals surface area contributed by atoms with E-state index in [1.165, 1.54) is 5.56 Å². The predicted octanol–water partition coefficient (Wildman–Crippen LogP) is 2.75. The molecule has 0 aliphatic carbocycles. The predicted molar refractivity (Wildman–Crippen MR) is 81.7 cm³/mol. The third-order valence-corrected chi connectivity index (χ3v) is 3.17. The lowest BCUT2D eigenvalue weighted by atomic mass is 10.0.